The zero-order valence-corrected chi connectivity index (χ0v) is 17.3. The molecule has 3 aromatic rings. The second-order valence-electron chi connectivity index (χ2n) is 6.81. The van der Waals surface area contributed by atoms with Crippen molar-refractivity contribution in [3.8, 4) is 16.3 Å². The van der Waals surface area contributed by atoms with Gasteiger partial charge in [0.1, 0.15) is 10.6 Å². The predicted octanol–water partition coefficient (Wildman–Crippen LogP) is 2.30. The van der Waals surface area contributed by atoms with Gasteiger partial charge >= 0.3 is 0 Å². The minimum atomic E-state index is -3.83. The van der Waals surface area contributed by atoms with Gasteiger partial charge in [0, 0.05) is 26.2 Å². The molecule has 0 saturated carbocycles. The molecule has 2 N–H and O–H groups in total. The molecule has 1 aromatic carbocycles. The van der Waals surface area contributed by atoms with E-state index in [-0.39, 0.29) is 42.7 Å². The van der Waals surface area contributed by atoms with Crippen molar-refractivity contribution < 1.29 is 18.3 Å². The first kappa shape index (κ1) is 19.6. The topological polar surface area (TPSA) is 107 Å². The van der Waals surface area contributed by atoms with Crippen molar-refractivity contribution >= 4 is 27.3 Å². The second-order valence-corrected chi connectivity index (χ2v) is 9.67. The van der Waals surface area contributed by atoms with Gasteiger partial charge in [0.05, 0.1) is 10.6 Å². The van der Waals surface area contributed by atoms with Gasteiger partial charge in [-0.25, -0.2) is 8.42 Å². The number of aryl methyl sites for hydroxylation is 1. The molecule has 8 nitrogen and oxygen atoms in total. The van der Waals surface area contributed by atoms with Crippen LogP contribution >= 0.6 is 11.3 Å². The maximum absolute atomic E-state index is 12.9. The lowest BCUT2D eigenvalue weighted by molar-refractivity contribution is 0.0692. The fraction of sp³-hybridized carbons (Fsp3) is 0.263. The number of rotatable bonds is 4. The van der Waals surface area contributed by atoms with Crippen molar-refractivity contribution in [1.29, 1.82) is 0 Å². The number of sulfonamides is 1. The number of carbonyl (C=O) groups excluding carboxylic acids is 1. The van der Waals surface area contributed by atoms with Gasteiger partial charge in [0.2, 0.25) is 10.0 Å². The first-order valence-electron chi connectivity index (χ1n) is 9.04. The first-order chi connectivity index (χ1) is 13.9. The van der Waals surface area contributed by atoms with Gasteiger partial charge < -0.3 is 10.0 Å². The number of aromatic nitrogens is 2. The Bertz CT molecular complexity index is 1130. The van der Waals surface area contributed by atoms with Crippen molar-refractivity contribution in [2.24, 2.45) is 0 Å². The Morgan fingerprint density at radius 2 is 1.93 bits per heavy atom. The van der Waals surface area contributed by atoms with Gasteiger partial charge in [-0.05, 0) is 42.1 Å². The summed E-state index contributed by atoms with van der Waals surface area (Å²) < 4.78 is 27.1. The molecule has 0 radical (unpaired) electrons. The number of amides is 1. The Hall–Kier alpha value is -2.69. The summed E-state index contributed by atoms with van der Waals surface area (Å²) in [6.07, 6.45) is 0. The summed E-state index contributed by atoms with van der Waals surface area (Å²) in [6.45, 7) is 2.59. The molecule has 1 amide bonds. The summed E-state index contributed by atoms with van der Waals surface area (Å²) >= 11 is 1.55. The zero-order valence-electron chi connectivity index (χ0n) is 15.7. The van der Waals surface area contributed by atoms with E-state index in [1.807, 2.05) is 17.5 Å². The maximum atomic E-state index is 12.9. The van der Waals surface area contributed by atoms with Crippen molar-refractivity contribution in [3.05, 3.63) is 53.0 Å². The molecule has 0 atom stereocenters. The van der Waals surface area contributed by atoms with E-state index in [4.69, 9.17) is 0 Å². The molecular formula is C19H20N4O4S2. The summed E-state index contributed by atoms with van der Waals surface area (Å²) in [5.74, 6) is -0.508. The highest BCUT2D eigenvalue weighted by Crippen LogP contribution is 2.28. The van der Waals surface area contributed by atoms with Gasteiger partial charge in [0.25, 0.3) is 5.91 Å². The van der Waals surface area contributed by atoms with Gasteiger partial charge in [-0.3, -0.25) is 9.89 Å². The third kappa shape index (κ3) is 3.78. The molecule has 3 heterocycles. The molecule has 29 heavy (non-hydrogen) atoms. The zero-order chi connectivity index (χ0) is 20.6. The molecule has 152 valence electrons. The third-order valence-electron chi connectivity index (χ3n) is 4.84. The lowest BCUT2D eigenvalue weighted by atomic mass is 10.2. The number of H-pyrrole nitrogens is 1. The molecule has 1 saturated heterocycles. The second kappa shape index (κ2) is 7.62. The normalized spacial score (nSPS) is 15.6. The Kier molecular flexibility index (Phi) is 5.15. The van der Waals surface area contributed by atoms with Crippen molar-refractivity contribution in [2.45, 2.75) is 11.8 Å². The molecule has 1 fully saturated rings. The molecule has 4 rings (SSSR count). The van der Waals surface area contributed by atoms with E-state index in [9.17, 15) is 18.3 Å². The predicted molar refractivity (Wildman–Crippen MR) is 109 cm³/mol. The molecule has 10 heteroatoms. The molecule has 0 unspecified atom stereocenters. The highest BCUT2D eigenvalue weighted by molar-refractivity contribution is 7.89. The fourth-order valence-electron chi connectivity index (χ4n) is 3.25. The van der Waals surface area contributed by atoms with E-state index in [0.717, 1.165) is 16.1 Å². The van der Waals surface area contributed by atoms with Crippen LogP contribution in [0.3, 0.4) is 0 Å². The van der Waals surface area contributed by atoms with Crippen LogP contribution in [0.2, 0.25) is 0 Å². The smallest absolute Gasteiger partial charge is 0.274 e. The Labute approximate surface area is 172 Å². The van der Waals surface area contributed by atoms with Crippen LogP contribution in [0.15, 0.2) is 46.7 Å². The summed E-state index contributed by atoms with van der Waals surface area (Å²) in [5.41, 5.74) is 1.83. The number of nitrogens with one attached hydrogen (secondary N) is 1. The highest BCUT2D eigenvalue weighted by Gasteiger charge is 2.32. The number of hydrogen-bond donors (Lipinski definition) is 2. The third-order valence-corrected chi connectivity index (χ3v) is 7.67. The number of thiophene rings is 1. The van der Waals surface area contributed by atoms with Crippen LogP contribution in [-0.2, 0) is 10.0 Å². The van der Waals surface area contributed by atoms with E-state index >= 15 is 0 Å². The van der Waals surface area contributed by atoms with Gasteiger partial charge in [-0.1, -0.05) is 12.1 Å². The lowest BCUT2D eigenvalue weighted by Gasteiger charge is -2.33. The number of nitrogens with zero attached hydrogens (tertiary/aromatic N) is 3. The van der Waals surface area contributed by atoms with Crippen LogP contribution in [0, 0.1) is 6.92 Å². The minimum absolute atomic E-state index is 0.106. The largest absolute Gasteiger partial charge is 0.507 e. The van der Waals surface area contributed by atoms with Crippen LogP contribution in [0.25, 0.3) is 10.6 Å². The Balaban J connectivity index is 1.45. The van der Waals surface area contributed by atoms with Gasteiger partial charge in [0.15, 0.2) is 5.69 Å². The summed E-state index contributed by atoms with van der Waals surface area (Å²) in [6, 6.07) is 10.1. The number of benzene rings is 1. The molecular weight excluding hydrogens is 412 g/mol. The summed E-state index contributed by atoms with van der Waals surface area (Å²) in [4.78, 5) is 15.2. The van der Waals surface area contributed by atoms with Crippen LogP contribution in [0.5, 0.6) is 5.75 Å². The van der Waals surface area contributed by atoms with Crippen molar-refractivity contribution in [2.75, 3.05) is 26.2 Å². The highest BCUT2D eigenvalue weighted by atomic mass is 32.2. The molecule has 1 aliphatic heterocycles. The average molecular weight is 433 g/mol. The van der Waals surface area contributed by atoms with E-state index < -0.39 is 10.0 Å². The standard InChI is InChI=1S/C19H20N4O4S2/c1-13-4-5-16(24)18(11-13)29(26,27)23-8-6-22(7-9-23)19(25)15-12-14(20-21-15)17-3-2-10-28-17/h2-5,10-12,24H,6-9H2,1H3,(H,20,21). The van der Waals surface area contributed by atoms with E-state index in [1.54, 1.807) is 35.3 Å². The van der Waals surface area contributed by atoms with Crippen LogP contribution < -0.4 is 0 Å². The SMILES string of the molecule is Cc1ccc(O)c(S(=O)(=O)N2CCN(C(=O)c3cc(-c4cccs4)[nH]n3)CC2)c1. The molecule has 0 spiro atoms. The monoisotopic (exact) mass is 432 g/mol. The quantitative estimate of drug-likeness (QED) is 0.658. The molecule has 2 aromatic heterocycles. The van der Waals surface area contributed by atoms with Gasteiger partial charge in [-0.2, -0.15) is 9.40 Å². The number of piperazine rings is 1. The summed E-state index contributed by atoms with van der Waals surface area (Å²) in [5, 5.41) is 18.9. The van der Waals surface area contributed by atoms with Crippen LogP contribution in [-0.4, -0.2) is 65.0 Å². The number of phenolic OH excluding ortho intramolecular Hbond substituents is 1. The molecule has 0 aliphatic carbocycles. The van der Waals surface area contributed by atoms with E-state index in [1.165, 1.54) is 16.4 Å². The maximum Gasteiger partial charge on any atom is 0.274 e. The number of hydrogen-bond acceptors (Lipinski definition) is 6. The van der Waals surface area contributed by atoms with E-state index in [0.29, 0.717) is 5.69 Å². The lowest BCUT2D eigenvalue weighted by Crippen LogP contribution is -2.50. The van der Waals surface area contributed by atoms with E-state index in [2.05, 4.69) is 10.2 Å². The minimum Gasteiger partial charge on any atom is -0.507 e. The molecule has 0 bridgehead atoms. The van der Waals surface area contributed by atoms with Crippen LogP contribution in [0.4, 0.5) is 0 Å². The number of aromatic amines is 1. The average Bonchev–Trinajstić information content (AvgIpc) is 3.41. The number of aromatic hydroxyl groups is 1. The molecule has 1 aliphatic rings. The number of phenols is 1. The van der Waals surface area contributed by atoms with Crippen molar-refractivity contribution in [1.82, 2.24) is 19.4 Å². The van der Waals surface area contributed by atoms with Crippen molar-refractivity contribution in [3.63, 3.8) is 0 Å². The first-order valence-corrected chi connectivity index (χ1v) is 11.4. The van der Waals surface area contributed by atoms with Gasteiger partial charge in [-0.15, -0.1) is 11.3 Å². The van der Waals surface area contributed by atoms with Crippen LogP contribution in [0.1, 0.15) is 16.1 Å². The Morgan fingerprint density at radius 1 is 1.17 bits per heavy atom. The fourth-order valence-corrected chi connectivity index (χ4v) is 5.53. The Morgan fingerprint density at radius 3 is 2.62 bits per heavy atom. The number of carbonyl (C=O) groups is 1. The summed E-state index contributed by atoms with van der Waals surface area (Å²) in [7, 11) is -3.83.